The Kier molecular flexibility index (Phi) is 6.90. The molecule has 0 radical (unpaired) electrons. The summed E-state index contributed by atoms with van der Waals surface area (Å²) >= 11 is 0. The predicted octanol–water partition coefficient (Wildman–Crippen LogP) is 10.1. The molecule has 2 heterocycles. The van der Waals surface area contributed by atoms with E-state index in [2.05, 4.69) is 122 Å². The van der Waals surface area contributed by atoms with E-state index >= 15 is 0 Å². The number of benzene rings is 1. The van der Waals surface area contributed by atoms with Crippen LogP contribution >= 0.6 is 15.8 Å². The molecule has 4 atom stereocenters. The Morgan fingerprint density at radius 3 is 1.71 bits per heavy atom. The number of hydrogen-bond donors (Lipinski definition) is 0. The van der Waals surface area contributed by atoms with E-state index in [0.717, 1.165) is 0 Å². The number of hydrogen-bond acceptors (Lipinski definition) is 2. The van der Waals surface area contributed by atoms with Crippen molar-refractivity contribution in [3.63, 3.8) is 0 Å². The molecule has 0 saturated carbocycles. The van der Waals surface area contributed by atoms with Crippen LogP contribution in [0.5, 0.6) is 0 Å². The molecular formula is C30H49NOP2. The second kappa shape index (κ2) is 8.42. The van der Waals surface area contributed by atoms with Crippen molar-refractivity contribution in [2.75, 3.05) is 0 Å². The largest absolute Gasteiger partial charge is 0.378 e. The normalized spacial score (nSPS) is 28.3. The minimum absolute atomic E-state index is 0.0476. The van der Waals surface area contributed by atoms with Crippen LogP contribution in [0.3, 0.4) is 0 Å². The summed E-state index contributed by atoms with van der Waals surface area (Å²) in [6.45, 7) is 35.7. The van der Waals surface area contributed by atoms with Gasteiger partial charge in [-0.25, -0.2) is 0 Å². The second-order valence-electron chi connectivity index (χ2n) is 14.6. The molecule has 2 aliphatic rings. The Morgan fingerprint density at radius 2 is 1.32 bits per heavy atom. The molecule has 0 aliphatic carbocycles. The Hall–Kier alpha value is -0.710. The van der Waals surface area contributed by atoms with E-state index in [1.54, 1.807) is 5.31 Å². The Morgan fingerprint density at radius 1 is 0.824 bits per heavy atom. The summed E-state index contributed by atoms with van der Waals surface area (Å²) in [5.41, 5.74) is 7.09. The molecule has 2 aliphatic heterocycles. The molecule has 0 amide bonds. The predicted molar refractivity (Wildman–Crippen MR) is 155 cm³/mol. The summed E-state index contributed by atoms with van der Waals surface area (Å²) in [6, 6.07) is 4.62. The minimum atomic E-state index is -0.785. The first-order chi connectivity index (χ1) is 15.1. The topological polar surface area (TPSA) is 21.6 Å². The van der Waals surface area contributed by atoms with Gasteiger partial charge in [-0.2, -0.15) is 0 Å². The first-order valence-corrected chi connectivity index (χ1v) is 15.6. The van der Waals surface area contributed by atoms with Crippen molar-refractivity contribution in [3.05, 3.63) is 45.8 Å². The average Bonchev–Trinajstić information content (AvgIpc) is 2.97. The van der Waals surface area contributed by atoms with Crippen LogP contribution in [0.2, 0.25) is 0 Å². The number of oxime groups is 1. The van der Waals surface area contributed by atoms with Gasteiger partial charge in [0.25, 0.3) is 0 Å². The van der Waals surface area contributed by atoms with Crippen molar-refractivity contribution in [2.45, 2.75) is 120 Å². The highest BCUT2D eigenvalue weighted by atomic mass is 31.2. The molecule has 0 fully saturated rings. The highest BCUT2D eigenvalue weighted by Crippen LogP contribution is 2.88. The van der Waals surface area contributed by atoms with Crippen molar-refractivity contribution in [1.29, 1.82) is 0 Å². The lowest BCUT2D eigenvalue weighted by Gasteiger charge is -2.60. The highest BCUT2D eigenvalue weighted by Gasteiger charge is 2.69. The lowest BCUT2D eigenvalue weighted by Crippen LogP contribution is -2.50. The van der Waals surface area contributed by atoms with Crippen LogP contribution in [-0.4, -0.2) is 21.4 Å². The third-order valence-corrected chi connectivity index (χ3v) is 16.2. The first kappa shape index (κ1) is 27.9. The van der Waals surface area contributed by atoms with E-state index in [9.17, 15) is 0 Å². The second-order valence-corrected chi connectivity index (χ2v) is 20.5. The van der Waals surface area contributed by atoms with E-state index in [0.29, 0.717) is 5.66 Å². The molecule has 0 aromatic heterocycles. The van der Waals surface area contributed by atoms with Crippen molar-refractivity contribution in [1.82, 2.24) is 0 Å². The average molecular weight is 502 g/mol. The molecule has 2 nitrogen and oxygen atoms in total. The fraction of sp³-hybridized carbons (Fsp3) is 0.700. The molecular weight excluding hydrogens is 452 g/mol. The van der Waals surface area contributed by atoms with Crippen LogP contribution in [0.15, 0.2) is 28.7 Å². The van der Waals surface area contributed by atoms with E-state index in [1.807, 2.05) is 0 Å². The third-order valence-electron chi connectivity index (χ3n) is 7.19. The molecule has 0 bridgehead atoms. The SMILES string of the molecule is Cc1cc(C)c(C2=NOC3(C(C)(C)C)P2C(C(C)(C)C)=CC(C(C)(C)C)P3C(C)(C)C)c(C)c1. The number of rotatable bonds is 1. The van der Waals surface area contributed by atoms with Crippen molar-refractivity contribution in [3.8, 4) is 0 Å². The maximum Gasteiger partial charge on any atom is 0.188 e. The summed E-state index contributed by atoms with van der Waals surface area (Å²) in [7, 11) is -1.36. The molecule has 0 N–H and O–H groups in total. The van der Waals surface area contributed by atoms with Crippen molar-refractivity contribution in [2.24, 2.45) is 21.4 Å². The van der Waals surface area contributed by atoms with E-state index in [-0.39, 0.29) is 26.5 Å². The molecule has 4 heteroatoms. The molecule has 3 rings (SSSR count). The smallest absolute Gasteiger partial charge is 0.188 e. The molecule has 34 heavy (non-hydrogen) atoms. The summed E-state index contributed by atoms with van der Waals surface area (Å²) in [6.07, 6.45) is 2.70. The van der Waals surface area contributed by atoms with E-state index < -0.39 is 15.8 Å². The maximum atomic E-state index is 7.01. The molecule has 0 saturated heterocycles. The number of aryl methyl sites for hydroxylation is 3. The van der Waals surface area contributed by atoms with Gasteiger partial charge in [-0.15, -0.1) is 0 Å². The fourth-order valence-electron chi connectivity index (χ4n) is 5.87. The van der Waals surface area contributed by atoms with E-state index in [4.69, 9.17) is 9.99 Å². The molecule has 1 aromatic rings. The standard InChI is InChI=1S/C30H49NOP2/c1-19-16-20(2)24(21(3)17-19)25-31-32-30(28(10,11)12)33(25)22(26(4,5)6)18-23(27(7,8)9)34(30)29(13,14)15/h16-18,23H,1-15H3. The summed E-state index contributed by atoms with van der Waals surface area (Å²) in [4.78, 5) is 7.01. The van der Waals surface area contributed by atoms with Gasteiger partial charge in [-0.05, 0) is 61.1 Å². The number of fused-ring (bicyclic) bond motifs is 1. The summed E-state index contributed by atoms with van der Waals surface area (Å²) in [5, 5.41) is 6.50. The molecule has 1 aromatic carbocycles. The molecule has 190 valence electrons. The van der Waals surface area contributed by atoms with Crippen LogP contribution in [0.1, 0.15) is 105 Å². The fourth-order valence-corrected chi connectivity index (χ4v) is 16.1. The molecule has 4 unspecified atom stereocenters. The zero-order chi connectivity index (χ0) is 26.2. The van der Waals surface area contributed by atoms with Gasteiger partial charge >= 0.3 is 0 Å². The summed E-state index contributed by atoms with van der Waals surface area (Å²) < 4.78 is 0. The van der Waals surface area contributed by atoms with Crippen LogP contribution in [0.4, 0.5) is 0 Å². The van der Waals surface area contributed by atoms with Gasteiger partial charge in [-0.3, -0.25) is 0 Å². The highest BCUT2D eigenvalue weighted by molar-refractivity contribution is 7.91. The van der Waals surface area contributed by atoms with Gasteiger partial charge in [0.15, 0.2) is 5.08 Å². The van der Waals surface area contributed by atoms with E-state index in [1.165, 1.54) is 27.7 Å². The first-order valence-electron chi connectivity index (χ1n) is 12.8. The Bertz CT molecular complexity index is 1000. The van der Waals surface area contributed by atoms with Crippen LogP contribution in [0.25, 0.3) is 0 Å². The van der Waals surface area contributed by atoms with Crippen LogP contribution in [-0.2, 0) is 4.84 Å². The summed E-state index contributed by atoms with van der Waals surface area (Å²) in [5.74, 6) is 0. The zero-order valence-electron chi connectivity index (χ0n) is 24.6. The minimum Gasteiger partial charge on any atom is -0.378 e. The monoisotopic (exact) mass is 501 g/mol. The van der Waals surface area contributed by atoms with Gasteiger partial charge in [-0.1, -0.05) is 112 Å². The van der Waals surface area contributed by atoms with Crippen molar-refractivity contribution >= 4 is 21.3 Å². The Labute approximate surface area is 212 Å². The number of nitrogens with zero attached hydrogens (tertiary/aromatic N) is 1. The van der Waals surface area contributed by atoms with Gasteiger partial charge < -0.3 is 4.84 Å². The number of allylic oxidation sites excluding steroid dienone is 2. The lowest BCUT2D eigenvalue weighted by molar-refractivity contribution is 0.0180. The van der Waals surface area contributed by atoms with Crippen LogP contribution in [0, 0.1) is 37.0 Å². The van der Waals surface area contributed by atoms with Gasteiger partial charge in [0.2, 0.25) is 0 Å². The maximum absolute atomic E-state index is 7.01. The quantitative estimate of drug-likeness (QED) is 0.351. The van der Waals surface area contributed by atoms with Gasteiger partial charge in [0.05, 0.1) is 0 Å². The Balaban J connectivity index is 2.46. The lowest BCUT2D eigenvalue weighted by atomic mass is 9.88. The van der Waals surface area contributed by atoms with Crippen LogP contribution < -0.4 is 0 Å². The molecule has 0 spiro atoms. The third kappa shape index (κ3) is 4.45. The van der Waals surface area contributed by atoms with Gasteiger partial charge in [0.1, 0.15) is 5.45 Å². The van der Waals surface area contributed by atoms with Crippen molar-refractivity contribution < 1.29 is 4.84 Å². The van der Waals surface area contributed by atoms with Gasteiger partial charge in [0, 0.05) is 24.6 Å². The zero-order valence-corrected chi connectivity index (χ0v) is 26.3.